The molecule has 0 radical (unpaired) electrons. The zero-order chi connectivity index (χ0) is 15.2. The van der Waals surface area contributed by atoms with Crippen LogP contribution < -0.4 is 14.2 Å². The molecule has 0 atom stereocenters. The Balaban J connectivity index is 2.50. The van der Waals surface area contributed by atoms with Gasteiger partial charge in [0.05, 0.1) is 19.8 Å². The molecule has 2 aromatic rings. The van der Waals surface area contributed by atoms with E-state index in [0.29, 0.717) is 23.0 Å². The third-order valence-electron chi connectivity index (χ3n) is 2.85. The van der Waals surface area contributed by atoms with E-state index in [1.165, 1.54) is 14.2 Å². The number of nitriles is 2. The fourth-order valence-electron chi connectivity index (χ4n) is 1.88. The minimum atomic E-state index is 0.185. The van der Waals surface area contributed by atoms with Crippen LogP contribution in [0, 0.1) is 22.7 Å². The van der Waals surface area contributed by atoms with Gasteiger partial charge in [-0.25, -0.2) is 0 Å². The molecule has 0 aromatic heterocycles. The first kappa shape index (κ1) is 14.2. The zero-order valence-corrected chi connectivity index (χ0v) is 11.6. The van der Waals surface area contributed by atoms with Crippen molar-refractivity contribution in [3.8, 4) is 35.1 Å². The second-order valence-electron chi connectivity index (χ2n) is 4.00. The number of para-hydroxylation sites is 1. The Morgan fingerprint density at radius 2 is 1.48 bits per heavy atom. The van der Waals surface area contributed by atoms with Crippen molar-refractivity contribution in [3.63, 3.8) is 0 Å². The molecule has 5 nitrogen and oxygen atoms in total. The highest BCUT2D eigenvalue weighted by molar-refractivity contribution is 5.57. The number of ether oxygens (including phenoxy) is 3. The molecule has 0 fully saturated rings. The Morgan fingerprint density at radius 1 is 0.810 bits per heavy atom. The number of hydrogen-bond donors (Lipinski definition) is 0. The monoisotopic (exact) mass is 280 g/mol. The van der Waals surface area contributed by atoms with Crippen LogP contribution in [0.2, 0.25) is 0 Å². The van der Waals surface area contributed by atoms with Gasteiger partial charge < -0.3 is 14.2 Å². The predicted octanol–water partition coefficient (Wildman–Crippen LogP) is 3.24. The maximum atomic E-state index is 9.20. The molecular weight excluding hydrogens is 268 g/mol. The van der Waals surface area contributed by atoms with Gasteiger partial charge >= 0.3 is 0 Å². The summed E-state index contributed by atoms with van der Waals surface area (Å²) >= 11 is 0. The van der Waals surface area contributed by atoms with Crippen molar-refractivity contribution in [1.29, 1.82) is 10.5 Å². The van der Waals surface area contributed by atoms with Gasteiger partial charge in [0, 0.05) is 0 Å². The molecule has 0 spiro atoms. The van der Waals surface area contributed by atoms with E-state index in [1.807, 2.05) is 12.1 Å². The molecule has 0 aliphatic heterocycles. The van der Waals surface area contributed by atoms with E-state index in [9.17, 15) is 5.26 Å². The van der Waals surface area contributed by atoms with Crippen LogP contribution in [0.5, 0.6) is 23.0 Å². The van der Waals surface area contributed by atoms with Crippen LogP contribution in [0.3, 0.4) is 0 Å². The topological polar surface area (TPSA) is 75.3 Å². The molecule has 0 amide bonds. The lowest BCUT2D eigenvalue weighted by molar-refractivity contribution is 0.336. The van der Waals surface area contributed by atoms with Crippen molar-refractivity contribution in [2.75, 3.05) is 14.2 Å². The molecule has 21 heavy (non-hydrogen) atoms. The lowest BCUT2D eigenvalue weighted by Crippen LogP contribution is -1.96. The summed E-state index contributed by atoms with van der Waals surface area (Å²) in [5, 5.41) is 18.2. The number of benzene rings is 2. The zero-order valence-electron chi connectivity index (χ0n) is 11.6. The minimum absolute atomic E-state index is 0.185. The summed E-state index contributed by atoms with van der Waals surface area (Å²) in [5.74, 6) is 1.64. The number of nitrogens with zero attached hydrogens (tertiary/aromatic N) is 2. The summed E-state index contributed by atoms with van der Waals surface area (Å²) in [7, 11) is 3.03. The Kier molecular flexibility index (Phi) is 4.28. The van der Waals surface area contributed by atoms with Crippen LogP contribution in [-0.2, 0) is 0 Å². The van der Waals surface area contributed by atoms with Crippen LogP contribution in [0.15, 0.2) is 36.4 Å². The molecule has 0 N–H and O–H groups in total. The first-order chi connectivity index (χ1) is 10.2. The first-order valence-electron chi connectivity index (χ1n) is 6.07. The van der Waals surface area contributed by atoms with E-state index in [0.717, 1.165) is 0 Å². The third kappa shape index (κ3) is 2.72. The molecule has 0 heterocycles. The maximum Gasteiger partial charge on any atom is 0.203 e. The molecule has 0 unspecified atom stereocenters. The quantitative estimate of drug-likeness (QED) is 0.859. The highest BCUT2D eigenvalue weighted by Gasteiger charge is 2.15. The fourth-order valence-corrected chi connectivity index (χ4v) is 1.88. The van der Waals surface area contributed by atoms with Gasteiger partial charge in [0.2, 0.25) is 5.75 Å². The van der Waals surface area contributed by atoms with Gasteiger partial charge in [0.1, 0.15) is 23.5 Å². The predicted molar refractivity (Wildman–Crippen MR) is 75.5 cm³/mol. The summed E-state index contributed by atoms with van der Waals surface area (Å²) in [6.07, 6.45) is 0. The average Bonchev–Trinajstić information content (AvgIpc) is 2.54. The highest BCUT2D eigenvalue weighted by atomic mass is 16.5. The maximum absolute atomic E-state index is 9.20. The fraction of sp³-hybridized carbons (Fsp3) is 0.125. The Bertz CT molecular complexity index is 742. The van der Waals surface area contributed by atoms with Gasteiger partial charge in [-0.05, 0) is 24.3 Å². The Labute approximate surface area is 122 Å². The lowest BCUT2D eigenvalue weighted by Gasteiger charge is -2.14. The van der Waals surface area contributed by atoms with E-state index >= 15 is 0 Å². The van der Waals surface area contributed by atoms with Gasteiger partial charge in [-0.15, -0.1) is 0 Å². The lowest BCUT2D eigenvalue weighted by atomic mass is 10.1. The smallest absolute Gasteiger partial charge is 0.203 e. The molecule has 0 aliphatic rings. The van der Waals surface area contributed by atoms with Gasteiger partial charge in [0.25, 0.3) is 0 Å². The van der Waals surface area contributed by atoms with E-state index in [-0.39, 0.29) is 11.1 Å². The van der Waals surface area contributed by atoms with Crippen molar-refractivity contribution >= 4 is 0 Å². The molecule has 2 rings (SSSR count). The second kappa shape index (κ2) is 6.31. The molecular formula is C16H12N2O3. The summed E-state index contributed by atoms with van der Waals surface area (Å²) in [6.45, 7) is 0. The van der Waals surface area contributed by atoms with Crippen molar-refractivity contribution in [1.82, 2.24) is 0 Å². The van der Waals surface area contributed by atoms with Gasteiger partial charge in [0.15, 0.2) is 11.5 Å². The van der Waals surface area contributed by atoms with Crippen molar-refractivity contribution in [3.05, 3.63) is 47.5 Å². The minimum Gasteiger partial charge on any atom is -0.493 e. The van der Waals surface area contributed by atoms with Crippen LogP contribution >= 0.6 is 0 Å². The van der Waals surface area contributed by atoms with Crippen LogP contribution in [0.1, 0.15) is 11.1 Å². The van der Waals surface area contributed by atoms with Crippen molar-refractivity contribution in [2.45, 2.75) is 0 Å². The van der Waals surface area contributed by atoms with E-state index in [1.54, 1.807) is 36.4 Å². The average molecular weight is 280 g/mol. The first-order valence-corrected chi connectivity index (χ1v) is 6.07. The van der Waals surface area contributed by atoms with Gasteiger partial charge in [-0.1, -0.05) is 12.1 Å². The molecule has 0 aliphatic carbocycles. The van der Waals surface area contributed by atoms with Crippen LogP contribution in [-0.4, -0.2) is 14.2 Å². The SMILES string of the molecule is COc1cccc(Oc2cccc(C#N)c2C#N)c1OC. The number of methoxy groups -OCH3 is 2. The Morgan fingerprint density at radius 3 is 2.10 bits per heavy atom. The van der Waals surface area contributed by atoms with Crippen LogP contribution in [0.25, 0.3) is 0 Å². The summed E-state index contributed by atoms with van der Waals surface area (Å²) in [4.78, 5) is 0. The van der Waals surface area contributed by atoms with Gasteiger partial charge in [-0.2, -0.15) is 10.5 Å². The highest BCUT2D eigenvalue weighted by Crippen LogP contribution is 2.40. The molecule has 104 valence electrons. The Hall–Kier alpha value is -3.18. The van der Waals surface area contributed by atoms with Crippen molar-refractivity contribution < 1.29 is 14.2 Å². The molecule has 0 saturated carbocycles. The standard InChI is InChI=1S/C16H12N2O3/c1-19-14-7-4-8-15(16(14)20-2)21-13-6-3-5-11(9-17)12(13)10-18/h3-8H,1-2H3. The van der Waals surface area contributed by atoms with E-state index < -0.39 is 0 Å². The number of rotatable bonds is 4. The second-order valence-corrected chi connectivity index (χ2v) is 4.00. The normalized spacial score (nSPS) is 9.33. The largest absolute Gasteiger partial charge is 0.493 e. The van der Waals surface area contributed by atoms with E-state index in [2.05, 4.69) is 0 Å². The summed E-state index contributed by atoms with van der Waals surface area (Å²) < 4.78 is 16.2. The van der Waals surface area contributed by atoms with E-state index in [4.69, 9.17) is 19.5 Å². The molecule has 0 bridgehead atoms. The van der Waals surface area contributed by atoms with Gasteiger partial charge in [-0.3, -0.25) is 0 Å². The van der Waals surface area contributed by atoms with Crippen molar-refractivity contribution in [2.24, 2.45) is 0 Å². The van der Waals surface area contributed by atoms with Crippen LogP contribution in [0.4, 0.5) is 0 Å². The summed E-state index contributed by atoms with van der Waals surface area (Å²) in [6, 6.07) is 14.0. The summed E-state index contributed by atoms with van der Waals surface area (Å²) in [5.41, 5.74) is 0.446. The molecule has 0 saturated heterocycles. The third-order valence-corrected chi connectivity index (χ3v) is 2.85. The molecule has 5 heteroatoms. The molecule has 2 aromatic carbocycles. The number of hydrogen-bond acceptors (Lipinski definition) is 5.